The highest BCUT2D eigenvalue weighted by molar-refractivity contribution is 6.41. The first-order valence-electron chi connectivity index (χ1n) is 5.67. The maximum absolute atomic E-state index is 11.9. The zero-order chi connectivity index (χ0) is 14.7. The number of aromatic nitrogens is 1. The van der Waals surface area contributed by atoms with Crippen molar-refractivity contribution in [3.8, 4) is 11.3 Å². The molecule has 2 rings (SSSR count). The van der Waals surface area contributed by atoms with Crippen molar-refractivity contribution in [2.45, 2.75) is 6.92 Å². The molecule has 0 aliphatic heterocycles. The van der Waals surface area contributed by atoms with Crippen molar-refractivity contribution < 1.29 is 18.7 Å². The van der Waals surface area contributed by atoms with Gasteiger partial charge in [0.05, 0.1) is 11.6 Å². The Morgan fingerprint density at radius 3 is 2.65 bits per heavy atom. The number of ether oxygens (including phenoxy) is 1. The van der Waals surface area contributed by atoms with Crippen molar-refractivity contribution in [1.29, 1.82) is 0 Å². The third-order valence-corrected chi connectivity index (χ3v) is 2.89. The standard InChI is InChI=1S/C13H9Cl2NO4/c1-2-19-12(18)10(17)11-9(16-13(15)20-11)7-5-3-4-6-8(7)14/h3-6H,2H2,1H3. The van der Waals surface area contributed by atoms with Gasteiger partial charge in [0.25, 0.3) is 5.35 Å². The second-order valence-electron chi connectivity index (χ2n) is 3.67. The minimum atomic E-state index is -1.03. The van der Waals surface area contributed by atoms with E-state index in [9.17, 15) is 9.59 Å². The fourth-order valence-electron chi connectivity index (χ4n) is 1.57. The van der Waals surface area contributed by atoms with E-state index in [0.29, 0.717) is 10.6 Å². The van der Waals surface area contributed by atoms with E-state index in [1.165, 1.54) is 0 Å². The number of nitrogens with zero attached hydrogens (tertiary/aromatic N) is 1. The molecule has 20 heavy (non-hydrogen) atoms. The van der Waals surface area contributed by atoms with Crippen molar-refractivity contribution in [1.82, 2.24) is 4.98 Å². The zero-order valence-electron chi connectivity index (χ0n) is 10.4. The highest BCUT2D eigenvalue weighted by Crippen LogP contribution is 2.31. The number of hydrogen-bond donors (Lipinski definition) is 0. The van der Waals surface area contributed by atoms with Gasteiger partial charge in [0.15, 0.2) is 0 Å². The van der Waals surface area contributed by atoms with Gasteiger partial charge in [-0.25, -0.2) is 4.79 Å². The SMILES string of the molecule is CCOC(=O)C(=O)c1oc(Cl)nc1-c1ccccc1Cl. The van der Waals surface area contributed by atoms with E-state index in [-0.39, 0.29) is 23.4 Å². The molecule has 0 bridgehead atoms. The fourth-order valence-corrected chi connectivity index (χ4v) is 1.96. The highest BCUT2D eigenvalue weighted by Gasteiger charge is 2.28. The minimum absolute atomic E-state index is 0.0773. The van der Waals surface area contributed by atoms with Gasteiger partial charge in [0, 0.05) is 5.56 Å². The largest absolute Gasteiger partial charge is 0.460 e. The lowest BCUT2D eigenvalue weighted by atomic mass is 10.1. The van der Waals surface area contributed by atoms with Gasteiger partial charge < -0.3 is 9.15 Å². The number of oxazole rings is 1. The summed E-state index contributed by atoms with van der Waals surface area (Å²) in [7, 11) is 0. The average molecular weight is 314 g/mol. The molecule has 2 aromatic rings. The van der Waals surface area contributed by atoms with Crippen molar-refractivity contribution in [2.24, 2.45) is 0 Å². The summed E-state index contributed by atoms with van der Waals surface area (Å²) in [5, 5.41) is 0.0999. The zero-order valence-corrected chi connectivity index (χ0v) is 11.9. The first-order chi connectivity index (χ1) is 9.54. The summed E-state index contributed by atoms with van der Waals surface area (Å²) in [6, 6.07) is 6.69. The average Bonchev–Trinajstić information content (AvgIpc) is 2.80. The van der Waals surface area contributed by atoms with Gasteiger partial charge in [-0.1, -0.05) is 29.8 Å². The highest BCUT2D eigenvalue weighted by atomic mass is 35.5. The number of carbonyl (C=O) groups excluding carboxylic acids is 2. The van der Waals surface area contributed by atoms with Crippen LogP contribution >= 0.6 is 23.2 Å². The summed E-state index contributed by atoms with van der Waals surface area (Å²) in [5.41, 5.74) is 0.552. The molecule has 1 heterocycles. The maximum atomic E-state index is 11.9. The van der Waals surface area contributed by atoms with Crippen LogP contribution in [-0.2, 0) is 9.53 Å². The maximum Gasteiger partial charge on any atom is 0.383 e. The summed E-state index contributed by atoms with van der Waals surface area (Å²) >= 11 is 11.7. The van der Waals surface area contributed by atoms with Gasteiger partial charge in [-0.2, -0.15) is 4.98 Å². The lowest BCUT2D eigenvalue weighted by molar-refractivity contribution is -0.137. The normalized spacial score (nSPS) is 10.3. The molecule has 0 unspecified atom stereocenters. The Bertz CT molecular complexity index is 666. The van der Waals surface area contributed by atoms with Crippen LogP contribution in [-0.4, -0.2) is 23.3 Å². The second-order valence-corrected chi connectivity index (χ2v) is 4.40. The molecule has 0 N–H and O–H groups in total. The van der Waals surface area contributed by atoms with Crippen LogP contribution in [0.25, 0.3) is 11.3 Å². The van der Waals surface area contributed by atoms with Gasteiger partial charge in [-0.05, 0) is 24.6 Å². The number of Topliss-reactive ketones (excluding diaryl/α,β-unsaturated/α-hetero) is 1. The Morgan fingerprint density at radius 1 is 1.30 bits per heavy atom. The Balaban J connectivity index is 2.49. The quantitative estimate of drug-likeness (QED) is 0.491. The molecule has 1 aromatic carbocycles. The lowest BCUT2D eigenvalue weighted by Gasteiger charge is -2.02. The van der Waals surface area contributed by atoms with Gasteiger partial charge in [0.2, 0.25) is 5.76 Å². The second kappa shape index (κ2) is 6.07. The first kappa shape index (κ1) is 14.6. The smallest absolute Gasteiger partial charge is 0.383 e. The van der Waals surface area contributed by atoms with E-state index in [2.05, 4.69) is 9.72 Å². The Hall–Kier alpha value is -1.85. The predicted molar refractivity (Wildman–Crippen MR) is 72.9 cm³/mol. The third kappa shape index (κ3) is 2.84. The number of ketones is 1. The summed E-state index contributed by atoms with van der Waals surface area (Å²) in [6.45, 7) is 1.67. The van der Waals surface area contributed by atoms with Crippen LogP contribution in [0.3, 0.4) is 0 Å². The van der Waals surface area contributed by atoms with Crippen LogP contribution in [0.1, 0.15) is 17.5 Å². The van der Waals surface area contributed by atoms with Gasteiger partial charge in [0.1, 0.15) is 5.69 Å². The van der Waals surface area contributed by atoms with E-state index < -0.39 is 11.8 Å². The van der Waals surface area contributed by atoms with Crippen molar-refractivity contribution in [3.63, 3.8) is 0 Å². The molecule has 0 spiro atoms. The van der Waals surface area contributed by atoms with Crippen LogP contribution in [0, 0.1) is 0 Å². The third-order valence-electron chi connectivity index (χ3n) is 2.40. The number of halogens is 2. The molecule has 0 saturated heterocycles. The molecule has 7 heteroatoms. The number of hydrogen-bond acceptors (Lipinski definition) is 5. The van der Waals surface area contributed by atoms with E-state index >= 15 is 0 Å². The first-order valence-corrected chi connectivity index (χ1v) is 6.42. The van der Waals surface area contributed by atoms with E-state index in [4.69, 9.17) is 27.6 Å². The molecular weight excluding hydrogens is 305 g/mol. The topological polar surface area (TPSA) is 69.4 Å². The van der Waals surface area contributed by atoms with Gasteiger partial charge in [-0.3, -0.25) is 4.79 Å². The molecule has 0 atom stereocenters. The predicted octanol–water partition coefficient (Wildman–Crippen LogP) is 3.39. The molecule has 0 radical (unpaired) electrons. The molecule has 104 valence electrons. The summed E-state index contributed by atoms with van der Waals surface area (Å²) in [4.78, 5) is 27.3. The Kier molecular flexibility index (Phi) is 4.42. The summed E-state index contributed by atoms with van der Waals surface area (Å²) in [6.07, 6.45) is 0. The number of carbonyl (C=O) groups is 2. The van der Waals surface area contributed by atoms with Crippen LogP contribution in [0.5, 0.6) is 0 Å². The number of rotatable bonds is 4. The van der Waals surface area contributed by atoms with Crippen molar-refractivity contribution in [2.75, 3.05) is 6.61 Å². The monoisotopic (exact) mass is 313 g/mol. The Morgan fingerprint density at radius 2 is 2.00 bits per heavy atom. The number of benzene rings is 1. The van der Waals surface area contributed by atoms with Crippen molar-refractivity contribution in [3.05, 3.63) is 40.4 Å². The summed E-state index contributed by atoms with van der Waals surface area (Å²) < 4.78 is 9.63. The summed E-state index contributed by atoms with van der Waals surface area (Å²) in [5.74, 6) is -2.28. The lowest BCUT2D eigenvalue weighted by Crippen LogP contribution is -2.17. The van der Waals surface area contributed by atoms with Gasteiger partial charge >= 0.3 is 11.8 Å². The molecule has 0 fully saturated rings. The molecule has 0 saturated carbocycles. The fraction of sp³-hybridized carbons (Fsp3) is 0.154. The van der Waals surface area contributed by atoms with Crippen LogP contribution in [0.4, 0.5) is 0 Å². The molecule has 0 amide bonds. The molecular formula is C13H9Cl2NO4. The molecule has 0 aliphatic rings. The molecule has 0 aliphatic carbocycles. The van der Waals surface area contributed by atoms with E-state index in [1.807, 2.05) is 0 Å². The molecule has 5 nitrogen and oxygen atoms in total. The van der Waals surface area contributed by atoms with Crippen LogP contribution < -0.4 is 0 Å². The van der Waals surface area contributed by atoms with E-state index in [1.54, 1.807) is 31.2 Å². The van der Waals surface area contributed by atoms with Crippen molar-refractivity contribution >= 4 is 35.0 Å². The Labute approximate surface area is 124 Å². The van der Waals surface area contributed by atoms with Crippen LogP contribution in [0.15, 0.2) is 28.7 Å². The van der Waals surface area contributed by atoms with E-state index in [0.717, 1.165) is 0 Å². The van der Waals surface area contributed by atoms with Gasteiger partial charge in [-0.15, -0.1) is 0 Å². The number of esters is 1. The minimum Gasteiger partial charge on any atom is -0.460 e. The molecule has 1 aromatic heterocycles. The van der Waals surface area contributed by atoms with Crippen LogP contribution in [0.2, 0.25) is 10.4 Å².